The number of aromatic nitrogens is 4. The Kier molecular flexibility index (Phi) is 13.7. The maximum absolute atomic E-state index is 13.3. The Morgan fingerprint density at radius 1 is 0.947 bits per heavy atom. The highest BCUT2D eigenvalue weighted by Crippen LogP contribution is 2.34. The summed E-state index contributed by atoms with van der Waals surface area (Å²) in [5.41, 5.74) is 1.86. The van der Waals surface area contributed by atoms with Gasteiger partial charge in [0.15, 0.2) is 29.5 Å². The second-order valence-corrected chi connectivity index (χ2v) is 14.3. The molecule has 2 aromatic heterocycles. The average Bonchev–Trinajstić information content (AvgIpc) is 3.85. The van der Waals surface area contributed by atoms with Gasteiger partial charge >= 0.3 is 0 Å². The van der Waals surface area contributed by atoms with Crippen molar-refractivity contribution < 1.29 is 68.2 Å². The fraction of sp³-hybridized carbons (Fsp3) is 0.622. The number of imidazole rings is 1. The summed E-state index contributed by atoms with van der Waals surface area (Å²) in [5.74, 6) is 0.391. The van der Waals surface area contributed by atoms with E-state index in [2.05, 4.69) is 20.3 Å². The highest BCUT2D eigenvalue weighted by atomic mass is 16.7. The van der Waals surface area contributed by atoms with E-state index in [1.54, 1.807) is 53.7 Å². The minimum atomic E-state index is -1.44. The van der Waals surface area contributed by atoms with Gasteiger partial charge in [-0.15, -0.1) is 0 Å². The van der Waals surface area contributed by atoms with Gasteiger partial charge in [-0.1, -0.05) is 12.1 Å². The lowest BCUT2D eigenvalue weighted by atomic mass is 9.99. The van der Waals surface area contributed by atoms with Crippen molar-refractivity contribution in [2.75, 3.05) is 53.5 Å². The van der Waals surface area contributed by atoms with Crippen LogP contribution in [0.3, 0.4) is 0 Å². The third-order valence-electron chi connectivity index (χ3n) is 10.4. The summed E-state index contributed by atoms with van der Waals surface area (Å²) in [7, 11) is 7.98. The summed E-state index contributed by atoms with van der Waals surface area (Å²) < 4.78 is 47.3. The molecule has 20 nitrogen and oxygen atoms in total. The molecule has 0 spiro atoms. The number of ether oxygens (including phenoxy) is 8. The van der Waals surface area contributed by atoms with Crippen molar-refractivity contribution >= 4 is 29.0 Å². The molecular formula is C37H52N6O14. The smallest absolute Gasteiger partial charge is 0.247 e. The third kappa shape index (κ3) is 8.77. The molecule has 1 amide bonds. The minimum absolute atomic E-state index is 0.170. The van der Waals surface area contributed by atoms with Crippen LogP contribution in [0.15, 0.2) is 42.5 Å². The number of benzene rings is 1. The molecule has 0 bridgehead atoms. The van der Waals surface area contributed by atoms with Crippen LogP contribution in [0.25, 0.3) is 17.2 Å². The van der Waals surface area contributed by atoms with E-state index < -0.39 is 98.4 Å². The number of carbonyl (C=O) groups excluding carboxylic acids is 1. The van der Waals surface area contributed by atoms with Crippen molar-refractivity contribution in [3.05, 3.63) is 48.1 Å². The van der Waals surface area contributed by atoms with E-state index >= 15 is 0 Å². The molecule has 57 heavy (non-hydrogen) atoms. The number of fused-ring (bicyclic) bond motifs is 1. The van der Waals surface area contributed by atoms with Gasteiger partial charge in [0, 0.05) is 41.0 Å². The molecule has 1 aromatic carbocycles. The Morgan fingerprint density at radius 2 is 1.67 bits per heavy atom. The van der Waals surface area contributed by atoms with E-state index in [9.17, 15) is 30.3 Å². The van der Waals surface area contributed by atoms with Gasteiger partial charge in [0.2, 0.25) is 12.2 Å². The summed E-state index contributed by atoms with van der Waals surface area (Å²) in [6, 6.07) is 5.61. The van der Waals surface area contributed by atoms with E-state index in [1.165, 1.54) is 34.0 Å². The second kappa shape index (κ2) is 18.4. The summed E-state index contributed by atoms with van der Waals surface area (Å²) in [5, 5.41) is 56.6. The number of rotatable bonds is 15. The van der Waals surface area contributed by atoms with Crippen molar-refractivity contribution in [2.45, 2.75) is 99.7 Å². The van der Waals surface area contributed by atoms with E-state index in [4.69, 9.17) is 37.9 Å². The molecule has 6 N–H and O–H groups in total. The largest absolute Gasteiger partial charge is 0.462 e. The predicted octanol–water partition coefficient (Wildman–Crippen LogP) is -1.28. The number of hydrogen-bond donors (Lipinski definition) is 6. The zero-order valence-electron chi connectivity index (χ0n) is 32.7. The number of aliphatic hydroxyl groups excluding tert-OH is 5. The van der Waals surface area contributed by atoms with Crippen LogP contribution in [-0.2, 0) is 38.0 Å². The van der Waals surface area contributed by atoms with Crippen molar-refractivity contribution in [3.8, 4) is 5.75 Å². The van der Waals surface area contributed by atoms with Gasteiger partial charge in [-0.3, -0.25) is 9.36 Å². The highest BCUT2D eigenvalue weighted by molar-refractivity contribution is 5.97. The van der Waals surface area contributed by atoms with Gasteiger partial charge in [-0.05, 0) is 37.6 Å². The number of nitrogens with zero attached hydrogens (tertiary/aromatic N) is 5. The van der Waals surface area contributed by atoms with Gasteiger partial charge < -0.3 is 73.6 Å². The molecule has 0 aliphatic carbocycles. The molecule has 3 saturated heterocycles. The topological polar surface area (TPSA) is 251 Å². The fourth-order valence-electron chi connectivity index (χ4n) is 7.30. The normalized spacial score (nSPS) is 33.8. The van der Waals surface area contributed by atoms with Crippen LogP contribution in [0.5, 0.6) is 5.75 Å². The Bertz CT molecular complexity index is 1830. The number of hydrogen-bond acceptors (Lipinski definition) is 18. The van der Waals surface area contributed by atoms with Crippen LogP contribution in [0.1, 0.15) is 25.6 Å². The molecule has 0 saturated carbocycles. The summed E-state index contributed by atoms with van der Waals surface area (Å²) in [6.07, 6.45) is -8.67. The molecule has 6 rings (SSSR count). The van der Waals surface area contributed by atoms with Crippen LogP contribution in [0, 0.1) is 0 Å². The lowest BCUT2D eigenvalue weighted by Gasteiger charge is -2.42. The predicted molar refractivity (Wildman–Crippen MR) is 199 cm³/mol. The van der Waals surface area contributed by atoms with Crippen LogP contribution in [0.4, 0.5) is 5.82 Å². The Labute approximate surface area is 328 Å². The van der Waals surface area contributed by atoms with E-state index in [-0.39, 0.29) is 6.61 Å². The Hall–Kier alpha value is -3.90. The SMILES string of the molecule is COC(COC1OC(C)C(OC)C(OC)C1O)C1OC(Oc2ccc(C=C(C)C(=O)NC3C(CO)OC(n4cnc5c(N(C)C)ncnc54)C3O)cc2)C(O)C1O. The van der Waals surface area contributed by atoms with Gasteiger partial charge in [-0.25, -0.2) is 15.0 Å². The van der Waals surface area contributed by atoms with Crippen LogP contribution in [-0.4, -0.2) is 179 Å². The van der Waals surface area contributed by atoms with E-state index in [0.717, 1.165) is 0 Å². The van der Waals surface area contributed by atoms with E-state index in [1.807, 2.05) is 14.1 Å². The second-order valence-electron chi connectivity index (χ2n) is 14.3. The quantitative estimate of drug-likeness (QED) is 0.0980. The standard InChI is InChI=1S/C37H52N6O14/c1-17(34(49)41-23-21(13-44)56-35(25(23)45)43-16-40-24-32(42(3)4)38-15-39-33(24)43)12-19-8-10-20(11-9-19)55-37-27(47)26(46)30(57-37)22(50-5)14-53-36-28(48)31(52-7)29(51-6)18(2)54-36/h8-12,15-16,18,21-23,25-31,35-37,44-48H,13-14H2,1-7H3,(H,41,49). The summed E-state index contributed by atoms with van der Waals surface area (Å²) >= 11 is 0. The average molecular weight is 805 g/mol. The molecule has 20 heteroatoms. The van der Waals surface area contributed by atoms with Gasteiger partial charge in [-0.2, -0.15) is 0 Å². The maximum Gasteiger partial charge on any atom is 0.247 e. The van der Waals surface area contributed by atoms with Crippen LogP contribution >= 0.6 is 0 Å². The van der Waals surface area contributed by atoms with E-state index in [0.29, 0.717) is 33.9 Å². The number of aliphatic hydroxyl groups is 5. The van der Waals surface area contributed by atoms with Gasteiger partial charge in [0.05, 0.1) is 31.7 Å². The number of carbonyl (C=O) groups is 1. The van der Waals surface area contributed by atoms with Crippen molar-refractivity contribution in [3.63, 3.8) is 0 Å². The fourth-order valence-corrected chi connectivity index (χ4v) is 7.30. The molecule has 3 aliphatic rings. The molecule has 14 unspecified atom stereocenters. The summed E-state index contributed by atoms with van der Waals surface area (Å²) in [6.45, 7) is 2.74. The molecular weight excluding hydrogens is 752 g/mol. The summed E-state index contributed by atoms with van der Waals surface area (Å²) in [4.78, 5) is 28.1. The third-order valence-corrected chi connectivity index (χ3v) is 10.4. The number of methoxy groups -OCH3 is 3. The molecule has 3 fully saturated rings. The van der Waals surface area contributed by atoms with Crippen molar-refractivity contribution in [1.82, 2.24) is 24.8 Å². The first-order chi connectivity index (χ1) is 27.3. The molecule has 314 valence electrons. The molecule has 0 radical (unpaired) electrons. The minimum Gasteiger partial charge on any atom is -0.462 e. The first-order valence-electron chi connectivity index (χ1n) is 18.4. The van der Waals surface area contributed by atoms with Crippen molar-refractivity contribution in [2.24, 2.45) is 0 Å². The molecule has 14 atom stereocenters. The zero-order chi connectivity index (χ0) is 41.1. The molecule has 5 heterocycles. The zero-order valence-corrected chi connectivity index (χ0v) is 32.7. The van der Waals surface area contributed by atoms with Crippen LogP contribution in [0.2, 0.25) is 0 Å². The van der Waals surface area contributed by atoms with Crippen molar-refractivity contribution in [1.29, 1.82) is 0 Å². The lowest BCUT2D eigenvalue weighted by Crippen LogP contribution is -2.59. The number of anilines is 1. The Balaban J connectivity index is 1.04. The Morgan fingerprint density at radius 3 is 2.32 bits per heavy atom. The molecule has 3 aliphatic heterocycles. The first-order valence-corrected chi connectivity index (χ1v) is 18.4. The lowest BCUT2D eigenvalue weighted by molar-refractivity contribution is -0.306. The van der Waals surface area contributed by atoms with Gasteiger partial charge in [0.25, 0.3) is 0 Å². The molecule has 3 aromatic rings. The monoisotopic (exact) mass is 804 g/mol. The first kappa shape index (κ1) is 42.7. The maximum atomic E-state index is 13.3. The van der Waals surface area contributed by atoms with Crippen LogP contribution < -0.4 is 15.0 Å². The number of nitrogens with one attached hydrogen (secondary N) is 1. The highest BCUT2D eigenvalue weighted by Gasteiger charge is 2.50. The van der Waals surface area contributed by atoms with Gasteiger partial charge in [0.1, 0.15) is 67.0 Å². The number of amides is 1.